The maximum atomic E-state index is 12.6. The van der Waals surface area contributed by atoms with E-state index in [-0.39, 0.29) is 11.6 Å². The Labute approximate surface area is 216 Å². The predicted molar refractivity (Wildman–Crippen MR) is 137 cm³/mol. The third-order valence-electron chi connectivity index (χ3n) is 5.27. The number of hydrogen-bond acceptors (Lipinski definition) is 9. The first-order chi connectivity index (χ1) is 17.7. The van der Waals surface area contributed by atoms with Gasteiger partial charge in [0.25, 0.3) is 5.91 Å². The Hall–Kier alpha value is -4.58. The number of ether oxygens (including phenoxy) is 1. The molecular weight excluding hydrogens is 496 g/mol. The molecular formula is C25H24N6O5S. The number of rotatable bonds is 8. The SMILES string of the molecule is COc1cc(NC(=O)C(=O)NC(C)(C)Cc2ccc(NC(=O)c3csnn3)cc2)ccc1-c1cnco1. The summed E-state index contributed by atoms with van der Waals surface area (Å²) in [6, 6.07) is 12.1. The molecule has 0 bridgehead atoms. The summed E-state index contributed by atoms with van der Waals surface area (Å²) >= 11 is 1.10. The molecule has 0 spiro atoms. The number of carbonyl (C=O) groups is 3. The molecule has 0 aliphatic heterocycles. The molecule has 37 heavy (non-hydrogen) atoms. The van der Waals surface area contributed by atoms with Crippen LogP contribution in [0.25, 0.3) is 11.3 Å². The van der Waals surface area contributed by atoms with E-state index in [2.05, 4.69) is 30.5 Å². The van der Waals surface area contributed by atoms with Crippen molar-refractivity contribution in [2.24, 2.45) is 0 Å². The summed E-state index contributed by atoms with van der Waals surface area (Å²) in [6.45, 7) is 3.64. The van der Waals surface area contributed by atoms with Crippen molar-refractivity contribution in [3.8, 4) is 17.1 Å². The zero-order valence-electron chi connectivity index (χ0n) is 20.3. The fourth-order valence-corrected chi connectivity index (χ4v) is 4.03. The quantitative estimate of drug-likeness (QED) is 0.299. The molecule has 3 amide bonds. The van der Waals surface area contributed by atoms with Crippen molar-refractivity contribution in [1.82, 2.24) is 19.9 Å². The van der Waals surface area contributed by atoms with Gasteiger partial charge in [-0.25, -0.2) is 4.98 Å². The molecule has 2 aromatic carbocycles. The minimum atomic E-state index is -0.808. The number of nitrogens with zero attached hydrogens (tertiary/aromatic N) is 3. The number of benzene rings is 2. The molecule has 11 nitrogen and oxygen atoms in total. The summed E-state index contributed by atoms with van der Waals surface area (Å²) in [7, 11) is 1.49. The van der Waals surface area contributed by atoms with Crippen molar-refractivity contribution in [2.45, 2.75) is 25.8 Å². The van der Waals surface area contributed by atoms with Crippen LogP contribution in [0.1, 0.15) is 29.9 Å². The molecule has 0 aliphatic carbocycles. The van der Waals surface area contributed by atoms with E-state index in [9.17, 15) is 14.4 Å². The highest BCUT2D eigenvalue weighted by Gasteiger charge is 2.25. The second-order valence-corrected chi connectivity index (χ2v) is 9.30. The average Bonchev–Trinajstić information content (AvgIpc) is 3.59. The highest BCUT2D eigenvalue weighted by Crippen LogP contribution is 2.32. The molecule has 0 unspecified atom stereocenters. The molecule has 4 rings (SSSR count). The number of nitrogens with one attached hydrogen (secondary N) is 3. The van der Waals surface area contributed by atoms with Crippen molar-refractivity contribution >= 4 is 40.6 Å². The smallest absolute Gasteiger partial charge is 0.313 e. The minimum Gasteiger partial charge on any atom is -0.496 e. The number of oxazole rings is 1. The zero-order valence-corrected chi connectivity index (χ0v) is 21.1. The maximum absolute atomic E-state index is 12.6. The number of aromatic nitrogens is 3. The maximum Gasteiger partial charge on any atom is 0.313 e. The van der Waals surface area contributed by atoms with E-state index in [0.717, 1.165) is 17.1 Å². The van der Waals surface area contributed by atoms with E-state index in [1.54, 1.807) is 41.9 Å². The first-order valence-electron chi connectivity index (χ1n) is 11.1. The molecule has 2 heterocycles. The van der Waals surface area contributed by atoms with Crippen LogP contribution in [0.4, 0.5) is 11.4 Å². The van der Waals surface area contributed by atoms with Gasteiger partial charge in [-0.3, -0.25) is 14.4 Å². The Balaban J connectivity index is 1.33. The van der Waals surface area contributed by atoms with Gasteiger partial charge in [-0.2, -0.15) is 0 Å². The molecule has 0 fully saturated rings. The van der Waals surface area contributed by atoms with E-state index in [4.69, 9.17) is 9.15 Å². The van der Waals surface area contributed by atoms with Crippen LogP contribution < -0.4 is 20.7 Å². The van der Waals surface area contributed by atoms with Gasteiger partial charge >= 0.3 is 11.8 Å². The van der Waals surface area contributed by atoms with Crippen LogP contribution in [0.15, 0.2) is 64.9 Å². The van der Waals surface area contributed by atoms with E-state index >= 15 is 0 Å². The van der Waals surface area contributed by atoms with Crippen LogP contribution >= 0.6 is 11.5 Å². The highest BCUT2D eigenvalue weighted by atomic mass is 32.1. The van der Waals surface area contributed by atoms with E-state index in [0.29, 0.717) is 34.9 Å². The largest absolute Gasteiger partial charge is 0.496 e. The Morgan fingerprint density at radius 1 is 1.03 bits per heavy atom. The zero-order chi connectivity index (χ0) is 26.4. The lowest BCUT2D eigenvalue weighted by atomic mass is 9.94. The number of hydrogen-bond donors (Lipinski definition) is 3. The van der Waals surface area contributed by atoms with E-state index in [1.807, 2.05) is 26.0 Å². The van der Waals surface area contributed by atoms with Crippen molar-refractivity contribution in [2.75, 3.05) is 17.7 Å². The number of anilines is 2. The van der Waals surface area contributed by atoms with Crippen molar-refractivity contribution < 1.29 is 23.5 Å². The molecule has 4 aromatic rings. The molecule has 0 aliphatic rings. The molecule has 0 saturated carbocycles. The Kier molecular flexibility index (Phi) is 7.58. The van der Waals surface area contributed by atoms with Gasteiger partial charge in [0, 0.05) is 28.4 Å². The Bertz CT molecular complexity index is 1390. The molecule has 12 heteroatoms. The molecule has 0 radical (unpaired) electrons. The molecule has 3 N–H and O–H groups in total. The Morgan fingerprint density at radius 2 is 1.78 bits per heavy atom. The second kappa shape index (κ2) is 11.0. The molecule has 190 valence electrons. The van der Waals surface area contributed by atoms with Crippen LogP contribution in [-0.2, 0) is 16.0 Å². The number of carbonyl (C=O) groups excluding carboxylic acids is 3. The van der Waals surface area contributed by atoms with Gasteiger partial charge in [0.05, 0.1) is 18.9 Å². The summed E-state index contributed by atoms with van der Waals surface area (Å²) < 4.78 is 14.4. The minimum absolute atomic E-state index is 0.250. The third-order valence-corrected chi connectivity index (χ3v) is 5.77. The molecule has 2 aromatic heterocycles. The van der Waals surface area contributed by atoms with Gasteiger partial charge < -0.3 is 25.1 Å². The van der Waals surface area contributed by atoms with Crippen LogP contribution in [0, 0.1) is 0 Å². The van der Waals surface area contributed by atoms with Gasteiger partial charge in [0.1, 0.15) is 5.75 Å². The van der Waals surface area contributed by atoms with Crippen molar-refractivity contribution in [3.05, 3.63) is 71.7 Å². The fraction of sp³-hybridized carbons (Fsp3) is 0.200. The average molecular weight is 521 g/mol. The summed E-state index contributed by atoms with van der Waals surface area (Å²) in [5.74, 6) is -0.953. The molecule has 0 saturated heterocycles. The monoisotopic (exact) mass is 520 g/mol. The first kappa shape index (κ1) is 25.5. The van der Waals surface area contributed by atoms with E-state index < -0.39 is 17.4 Å². The predicted octanol–water partition coefficient (Wildman–Crippen LogP) is 3.53. The lowest BCUT2D eigenvalue weighted by Gasteiger charge is -2.26. The summed E-state index contributed by atoms with van der Waals surface area (Å²) in [5, 5.41) is 13.4. The topological polar surface area (TPSA) is 148 Å². The fourth-order valence-electron chi connectivity index (χ4n) is 3.59. The normalized spacial score (nSPS) is 11.0. The van der Waals surface area contributed by atoms with Crippen molar-refractivity contribution in [3.63, 3.8) is 0 Å². The number of methoxy groups -OCH3 is 1. The standard InChI is InChI=1S/C25H24N6O5S/c1-25(2,11-15-4-6-16(7-5-15)27-22(32)19-13-37-31-30-19)29-24(34)23(33)28-17-8-9-18(20(10-17)35-3)21-12-26-14-36-21/h4-10,12-14H,11H2,1-3H3,(H,27,32)(H,28,33)(H,29,34). The highest BCUT2D eigenvalue weighted by molar-refractivity contribution is 7.03. The van der Waals surface area contributed by atoms with Gasteiger partial charge in [-0.05, 0) is 61.6 Å². The molecule has 0 atom stereocenters. The van der Waals surface area contributed by atoms with E-state index in [1.165, 1.54) is 13.5 Å². The van der Waals surface area contributed by atoms with Crippen LogP contribution in [-0.4, -0.2) is 44.9 Å². The second-order valence-electron chi connectivity index (χ2n) is 8.69. The van der Waals surface area contributed by atoms with Crippen LogP contribution in [0.5, 0.6) is 5.75 Å². The lowest BCUT2D eigenvalue weighted by Crippen LogP contribution is -2.49. The van der Waals surface area contributed by atoms with Crippen molar-refractivity contribution in [1.29, 1.82) is 0 Å². The van der Waals surface area contributed by atoms with Gasteiger partial charge in [-0.15, -0.1) is 5.10 Å². The summed E-state index contributed by atoms with van der Waals surface area (Å²) in [4.78, 5) is 41.2. The van der Waals surface area contributed by atoms with Gasteiger partial charge in [0.15, 0.2) is 17.8 Å². The van der Waals surface area contributed by atoms with Crippen LogP contribution in [0.3, 0.4) is 0 Å². The van der Waals surface area contributed by atoms with Crippen LogP contribution in [0.2, 0.25) is 0 Å². The Morgan fingerprint density at radius 3 is 2.43 bits per heavy atom. The van der Waals surface area contributed by atoms with Gasteiger partial charge in [0.2, 0.25) is 0 Å². The summed E-state index contributed by atoms with van der Waals surface area (Å²) in [5.41, 5.74) is 2.09. The van der Waals surface area contributed by atoms with Gasteiger partial charge in [-0.1, -0.05) is 16.6 Å². The number of amides is 3. The first-order valence-corrected chi connectivity index (χ1v) is 12.0. The third kappa shape index (κ3) is 6.55. The lowest BCUT2D eigenvalue weighted by molar-refractivity contribution is -0.137. The summed E-state index contributed by atoms with van der Waals surface area (Å²) in [6.07, 6.45) is 3.32.